The Kier molecular flexibility index (Phi) is 9.30. The van der Waals surface area contributed by atoms with E-state index in [0.717, 1.165) is 40.9 Å². The van der Waals surface area contributed by atoms with Gasteiger partial charge in [0.2, 0.25) is 11.8 Å². The average molecular weight is 503 g/mol. The first-order valence-electron chi connectivity index (χ1n) is 13.3. The molecule has 1 heterocycles. The highest BCUT2D eigenvalue weighted by Crippen LogP contribution is 2.28. The van der Waals surface area contributed by atoms with E-state index in [0.29, 0.717) is 18.8 Å². The Bertz CT molecular complexity index is 1210. The van der Waals surface area contributed by atoms with Gasteiger partial charge in [0.1, 0.15) is 5.82 Å². The number of carbonyl (C=O) groups excluding carboxylic acids is 2. The second-order valence-corrected chi connectivity index (χ2v) is 11.4. The lowest BCUT2D eigenvalue weighted by Crippen LogP contribution is -2.39. The van der Waals surface area contributed by atoms with Gasteiger partial charge in [0.25, 0.3) is 0 Å². The lowest BCUT2D eigenvalue weighted by atomic mass is 9.84. The first-order valence-corrected chi connectivity index (χ1v) is 13.3. The van der Waals surface area contributed by atoms with Crippen molar-refractivity contribution >= 4 is 17.6 Å². The van der Waals surface area contributed by atoms with Crippen molar-refractivity contribution in [2.45, 2.75) is 67.7 Å². The van der Waals surface area contributed by atoms with Crippen LogP contribution in [0.1, 0.15) is 65.0 Å². The normalized spacial score (nSPS) is 12.3. The van der Waals surface area contributed by atoms with E-state index in [2.05, 4.69) is 46.0 Å². The lowest BCUT2D eigenvalue weighted by molar-refractivity contribution is -0.135. The van der Waals surface area contributed by atoms with Gasteiger partial charge in [0, 0.05) is 24.6 Å². The fourth-order valence-corrected chi connectivity index (χ4v) is 4.91. The van der Waals surface area contributed by atoms with E-state index in [-0.39, 0.29) is 29.7 Å². The Labute approximate surface area is 222 Å². The van der Waals surface area contributed by atoms with E-state index in [1.165, 1.54) is 0 Å². The van der Waals surface area contributed by atoms with Crippen LogP contribution in [0.15, 0.2) is 54.6 Å². The minimum absolute atomic E-state index is 0.0215. The number of aromatic nitrogens is 2. The molecule has 0 aliphatic heterocycles. The third-order valence-electron chi connectivity index (χ3n) is 6.29. The summed E-state index contributed by atoms with van der Waals surface area (Å²) in [6.07, 6.45) is 2.21. The zero-order valence-electron chi connectivity index (χ0n) is 23.5. The second-order valence-electron chi connectivity index (χ2n) is 11.4. The summed E-state index contributed by atoms with van der Waals surface area (Å²) in [5.74, 6) is 0.646. The molecule has 0 spiro atoms. The SMILES string of the molecule is CCCN(CC(=O)Nc1cc(-c2ccccc2)nn1-c1ccc(C)cc1C)C(=O)CC(C)CC(C)(C)C. The monoisotopic (exact) mass is 502 g/mol. The summed E-state index contributed by atoms with van der Waals surface area (Å²) in [7, 11) is 0. The van der Waals surface area contributed by atoms with Gasteiger partial charge in [-0.3, -0.25) is 9.59 Å². The van der Waals surface area contributed by atoms with Crippen LogP contribution >= 0.6 is 0 Å². The molecule has 6 heteroatoms. The molecule has 3 aromatic rings. The molecule has 1 unspecified atom stereocenters. The third-order valence-corrected chi connectivity index (χ3v) is 6.29. The number of aryl methyl sites for hydroxylation is 2. The fourth-order valence-electron chi connectivity index (χ4n) is 4.91. The maximum absolute atomic E-state index is 13.2. The van der Waals surface area contributed by atoms with Crippen molar-refractivity contribution in [1.82, 2.24) is 14.7 Å². The standard InChI is InChI=1S/C31H42N4O2/c1-8-16-34(30(37)18-23(3)20-31(5,6)7)21-29(36)32-28-19-26(25-12-10-9-11-13-25)33-35(28)27-15-14-22(2)17-24(27)4/h9-15,17,19,23H,8,16,18,20-21H2,1-7H3,(H,32,36). The Morgan fingerprint density at radius 1 is 1.05 bits per heavy atom. The summed E-state index contributed by atoms with van der Waals surface area (Å²) in [6, 6.07) is 18.0. The van der Waals surface area contributed by atoms with E-state index in [1.54, 1.807) is 9.58 Å². The summed E-state index contributed by atoms with van der Waals surface area (Å²) in [5.41, 5.74) is 5.03. The zero-order chi connectivity index (χ0) is 27.2. The van der Waals surface area contributed by atoms with Crippen LogP contribution in [0.25, 0.3) is 16.9 Å². The molecule has 37 heavy (non-hydrogen) atoms. The zero-order valence-corrected chi connectivity index (χ0v) is 23.5. The van der Waals surface area contributed by atoms with Gasteiger partial charge in [0.05, 0.1) is 17.9 Å². The number of nitrogens with one attached hydrogen (secondary N) is 1. The summed E-state index contributed by atoms with van der Waals surface area (Å²) in [5, 5.41) is 7.88. The molecule has 0 fully saturated rings. The van der Waals surface area contributed by atoms with Crippen molar-refractivity contribution in [2.75, 3.05) is 18.4 Å². The smallest absolute Gasteiger partial charge is 0.245 e. The highest BCUT2D eigenvalue weighted by molar-refractivity contribution is 5.94. The number of hydrogen-bond acceptors (Lipinski definition) is 3. The Morgan fingerprint density at radius 3 is 2.38 bits per heavy atom. The molecule has 1 aromatic heterocycles. The van der Waals surface area contributed by atoms with Crippen molar-refractivity contribution in [1.29, 1.82) is 0 Å². The van der Waals surface area contributed by atoms with Gasteiger partial charge >= 0.3 is 0 Å². The number of nitrogens with zero attached hydrogens (tertiary/aromatic N) is 3. The van der Waals surface area contributed by atoms with Crippen molar-refractivity contribution < 1.29 is 9.59 Å². The molecule has 2 aromatic carbocycles. The van der Waals surface area contributed by atoms with E-state index < -0.39 is 0 Å². The molecule has 0 saturated heterocycles. The van der Waals surface area contributed by atoms with Gasteiger partial charge < -0.3 is 10.2 Å². The van der Waals surface area contributed by atoms with Gasteiger partial charge in [-0.15, -0.1) is 0 Å². The van der Waals surface area contributed by atoms with E-state index in [1.807, 2.05) is 62.4 Å². The topological polar surface area (TPSA) is 67.2 Å². The van der Waals surface area contributed by atoms with Crippen molar-refractivity contribution in [3.8, 4) is 16.9 Å². The molecule has 0 bridgehead atoms. The van der Waals surface area contributed by atoms with Crippen molar-refractivity contribution in [2.24, 2.45) is 11.3 Å². The highest BCUT2D eigenvalue weighted by Gasteiger charge is 2.23. The Balaban J connectivity index is 1.83. The van der Waals surface area contributed by atoms with Crippen LogP contribution in [-0.4, -0.2) is 39.6 Å². The summed E-state index contributed by atoms with van der Waals surface area (Å²) in [4.78, 5) is 28.0. The number of anilines is 1. The highest BCUT2D eigenvalue weighted by atomic mass is 16.2. The third kappa shape index (κ3) is 8.04. The maximum atomic E-state index is 13.2. The fraction of sp³-hybridized carbons (Fsp3) is 0.452. The van der Waals surface area contributed by atoms with Gasteiger partial charge in [-0.2, -0.15) is 5.10 Å². The van der Waals surface area contributed by atoms with Crippen LogP contribution in [0.3, 0.4) is 0 Å². The number of hydrogen-bond donors (Lipinski definition) is 1. The first kappa shape index (κ1) is 28.2. The van der Waals surface area contributed by atoms with Crippen LogP contribution in [-0.2, 0) is 9.59 Å². The molecule has 0 aliphatic carbocycles. The molecule has 198 valence electrons. The number of rotatable bonds is 10. The van der Waals surface area contributed by atoms with E-state index >= 15 is 0 Å². The predicted molar refractivity (Wildman–Crippen MR) is 152 cm³/mol. The first-order chi connectivity index (χ1) is 17.5. The van der Waals surface area contributed by atoms with Crippen LogP contribution < -0.4 is 5.32 Å². The molecule has 1 atom stereocenters. The van der Waals surface area contributed by atoms with Gasteiger partial charge in [0.15, 0.2) is 0 Å². The van der Waals surface area contributed by atoms with Crippen LogP contribution in [0.4, 0.5) is 5.82 Å². The Morgan fingerprint density at radius 2 is 1.76 bits per heavy atom. The van der Waals surface area contributed by atoms with Crippen LogP contribution in [0.5, 0.6) is 0 Å². The molecule has 3 rings (SSSR count). The lowest BCUT2D eigenvalue weighted by Gasteiger charge is -2.26. The summed E-state index contributed by atoms with van der Waals surface area (Å²) < 4.78 is 1.78. The van der Waals surface area contributed by atoms with E-state index in [9.17, 15) is 9.59 Å². The number of benzene rings is 2. The van der Waals surface area contributed by atoms with Gasteiger partial charge in [-0.05, 0) is 49.7 Å². The summed E-state index contributed by atoms with van der Waals surface area (Å²) in [6.45, 7) is 15.4. The van der Waals surface area contributed by atoms with Gasteiger partial charge in [-0.25, -0.2) is 4.68 Å². The number of amides is 2. The maximum Gasteiger partial charge on any atom is 0.245 e. The molecular weight excluding hydrogens is 460 g/mol. The molecule has 2 amide bonds. The number of carbonyl (C=O) groups is 2. The van der Waals surface area contributed by atoms with E-state index in [4.69, 9.17) is 5.10 Å². The van der Waals surface area contributed by atoms with Crippen molar-refractivity contribution in [3.05, 3.63) is 65.7 Å². The molecule has 0 aliphatic rings. The largest absolute Gasteiger partial charge is 0.333 e. The van der Waals surface area contributed by atoms with Crippen LogP contribution in [0, 0.1) is 25.2 Å². The predicted octanol–water partition coefficient (Wildman–Crippen LogP) is 6.80. The second kappa shape index (κ2) is 12.2. The minimum atomic E-state index is -0.226. The average Bonchev–Trinajstić information content (AvgIpc) is 3.21. The van der Waals surface area contributed by atoms with Gasteiger partial charge in [-0.1, -0.05) is 82.6 Å². The Hall–Kier alpha value is -3.41. The molecule has 6 nitrogen and oxygen atoms in total. The van der Waals surface area contributed by atoms with Crippen molar-refractivity contribution in [3.63, 3.8) is 0 Å². The minimum Gasteiger partial charge on any atom is -0.333 e. The molecular formula is C31H42N4O2. The quantitative estimate of drug-likeness (QED) is 0.332. The molecule has 1 N–H and O–H groups in total. The van der Waals surface area contributed by atoms with Crippen LogP contribution in [0.2, 0.25) is 0 Å². The summed E-state index contributed by atoms with van der Waals surface area (Å²) >= 11 is 0. The molecule has 0 saturated carbocycles. The molecule has 0 radical (unpaired) electrons.